The molecule has 2 aromatic rings. The van der Waals surface area contributed by atoms with Crippen LogP contribution in [-0.4, -0.2) is 35.7 Å². The van der Waals surface area contributed by atoms with Crippen LogP contribution in [-0.2, 0) is 10.2 Å². The van der Waals surface area contributed by atoms with E-state index in [9.17, 15) is 9.59 Å². The van der Waals surface area contributed by atoms with Crippen LogP contribution in [0.3, 0.4) is 0 Å². The van der Waals surface area contributed by atoms with E-state index in [-0.39, 0.29) is 17.1 Å². The molecular formula is C20H25N3O3S. The molecule has 2 amide bonds. The Morgan fingerprint density at radius 2 is 1.89 bits per heavy atom. The van der Waals surface area contributed by atoms with E-state index in [0.717, 1.165) is 17.5 Å². The summed E-state index contributed by atoms with van der Waals surface area (Å²) in [6, 6.07) is 11.3. The molecule has 0 aliphatic heterocycles. The summed E-state index contributed by atoms with van der Waals surface area (Å²) >= 11 is 1.15. The van der Waals surface area contributed by atoms with Crippen LogP contribution in [0.2, 0.25) is 0 Å². The van der Waals surface area contributed by atoms with Gasteiger partial charge >= 0.3 is 0 Å². The third kappa shape index (κ3) is 6.60. The summed E-state index contributed by atoms with van der Waals surface area (Å²) < 4.78 is 5.67. The van der Waals surface area contributed by atoms with E-state index in [1.807, 2.05) is 24.3 Å². The Kier molecular flexibility index (Phi) is 7.24. The lowest BCUT2D eigenvalue weighted by Gasteiger charge is -2.19. The molecule has 1 aromatic heterocycles. The van der Waals surface area contributed by atoms with Crippen molar-refractivity contribution in [3.8, 4) is 5.75 Å². The zero-order valence-electron chi connectivity index (χ0n) is 15.8. The van der Waals surface area contributed by atoms with Crippen molar-refractivity contribution in [3.63, 3.8) is 0 Å². The molecule has 2 rings (SSSR count). The van der Waals surface area contributed by atoms with Gasteiger partial charge in [-0.3, -0.25) is 9.59 Å². The Balaban J connectivity index is 1.83. The highest BCUT2D eigenvalue weighted by atomic mass is 32.2. The molecule has 7 heteroatoms. The van der Waals surface area contributed by atoms with Gasteiger partial charge in [0.05, 0.1) is 17.9 Å². The Bertz CT molecular complexity index is 786. The molecule has 0 atom stereocenters. The molecule has 0 bridgehead atoms. The van der Waals surface area contributed by atoms with Crippen LogP contribution in [0, 0.1) is 0 Å². The molecule has 0 radical (unpaired) electrons. The maximum absolute atomic E-state index is 12.3. The third-order valence-corrected chi connectivity index (χ3v) is 4.77. The molecule has 1 aromatic carbocycles. The van der Waals surface area contributed by atoms with E-state index >= 15 is 0 Å². The number of carbonyl (C=O) groups excluding carboxylic acids is 2. The van der Waals surface area contributed by atoms with Gasteiger partial charge in [0.2, 0.25) is 5.91 Å². The predicted molar refractivity (Wildman–Crippen MR) is 107 cm³/mol. The molecule has 144 valence electrons. The van der Waals surface area contributed by atoms with Crippen LogP contribution in [0.15, 0.2) is 47.6 Å². The normalized spacial score (nSPS) is 11.1. The number of ether oxygens (including phenoxy) is 1. The quantitative estimate of drug-likeness (QED) is 0.536. The van der Waals surface area contributed by atoms with Crippen molar-refractivity contribution in [3.05, 3.63) is 53.7 Å². The molecule has 0 aliphatic carbocycles. The highest BCUT2D eigenvalue weighted by Crippen LogP contribution is 2.24. The zero-order valence-corrected chi connectivity index (χ0v) is 16.6. The molecule has 3 N–H and O–H groups in total. The maximum Gasteiger partial charge on any atom is 0.254 e. The number of benzene rings is 1. The van der Waals surface area contributed by atoms with Gasteiger partial charge in [0.25, 0.3) is 5.91 Å². The second-order valence-electron chi connectivity index (χ2n) is 6.99. The Hall–Kier alpha value is -2.54. The standard InChI is InChI=1S/C20H25N3O3S/c1-20(2,3)14-6-8-15(9-7-14)26-12-11-22-18(25)16-5-4-10-23-19(16)27-13-17(21)24/h4-10H,11-13H2,1-3H3,(H2,21,24)(H,22,25). The summed E-state index contributed by atoms with van der Waals surface area (Å²) in [5.41, 5.74) is 6.90. The molecule has 0 saturated heterocycles. The number of carbonyl (C=O) groups is 2. The zero-order chi connectivity index (χ0) is 19.9. The van der Waals surface area contributed by atoms with E-state index in [1.165, 1.54) is 5.56 Å². The highest BCUT2D eigenvalue weighted by Gasteiger charge is 2.14. The lowest BCUT2D eigenvalue weighted by atomic mass is 9.87. The van der Waals surface area contributed by atoms with Crippen LogP contribution in [0.1, 0.15) is 36.7 Å². The Labute approximate surface area is 163 Å². The van der Waals surface area contributed by atoms with Gasteiger partial charge in [-0.25, -0.2) is 4.98 Å². The molecule has 6 nitrogen and oxygen atoms in total. The predicted octanol–water partition coefficient (Wildman–Crippen LogP) is 2.77. The average molecular weight is 388 g/mol. The first-order valence-corrected chi connectivity index (χ1v) is 9.63. The molecular weight excluding hydrogens is 362 g/mol. The second-order valence-corrected chi connectivity index (χ2v) is 7.95. The first-order chi connectivity index (χ1) is 12.8. The number of thioether (sulfide) groups is 1. The van der Waals surface area contributed by atoms with Crippen molar-refractivity contribution in [2.24, 2.45) is 5.73 Å². The molecule has 1 heterocycles. The van der Waals surface area contributed by atoms with Crippen molar-refractivity contribution in [1.82, 2.24) is 10.3 Å². The van der Waals surface area contributed by atoms with Gasteiger partial charge in [-0.15, -0.1) is 0 Å². The van der Waals surface area contributed by atoms with E-state index in [0.29, 0.717) is 23.7 Å². The van der Waals surface area contributed by atoms with Gasteiger partial charge in [0.15, 0.2) is 0 Å². The number of rotatable bonds is 8. The maximum atomic E-state index is 12.3. The fourth-order valence-electron chi connectivity index (χ4n) is 2.30. The Morgan fingerprint density at radius 3 is 2.52 bits per heavy atom. The van der Waals surface area contributed by atoms with Crippen LogP contribution < -0.4 is 15.8 Å². The van der Waals surface area contributed by atoms with Gasteiger partial charge in [-0.1, -0.05) is 44.7 Å². The first kappa shape index (κ1) is 20.8. The third-order valence-electron chi connectivity index (χ3n) is 3.74. The van der Waals surface area contributed by atoms with Gasteiger partial charge in [0, 0.05) is 6.20 Å². The van der Waals surface area contributed by atoms with Gasteiger partial charge < -0.3 is 15.8 Å². The molecule has 0 aliphatic rings. The van der Waals surface area contributed by atoms with E-state index in [1.54, 1.807) is 18.3 Å². The number of hydrogen-bond acceptors (Lipinski definition) is 5. The van der Waals surface area contributed by atoms with Crippen LogP contribution >= 0.6 is 11.8 Å². The van der Waals surface area contributed by atoms with Gasteiger partial charge in [-0.05, 0) is 35.2 Å². The van der Waals surface area contributed by atoms with Crippen LogP contribution in [0.5, 0.6) is 5.75 Å². The SMILES string of the molecule is CC(C)(C)c1ccc(OCCNC(=O)c2cccnc2SCC(N)=O)cc1. The fourth-order valence-corrected chi connectivity index (χ4v) is 3.03. The lowest BCUT2D eigenvalue weighted by molar-refractivity contribution is -0.115. The number of pyridine rings is 1. The van der Waals surface area contributed by atoms with Gasteiger partial charge in [-0.2, -0.15) is 0 Å². The topological polar surface area (TPSA) is 94.3 Å². The summed E-state index contributed by atoms with van der Waals surface area (Å²) in [6.45, 7) is 7.19. The molecule has 0 fully saturated rings. The number of amides is 2. The smallest absolute Gasteiger partial charge is 0.254 e. The van der Waals surface area contributed by atoms with Gasteiger partial charge in [0.1, 0.15) is 17.4 Å². The molecule has 0 saturated carbocycles. The largest absolute Gasteiger partial charge is 0.492 e. The minimum atomic E-state index is -0.456. The van der Waals surface area contributed by atoms with E-state index < -0.39 is 5.91 Å². The second kappa shape index (κ2) is 9.41. The van der Waals surface area contributed by atoms with Crippen molar-refractivity contribution < 1.29 is 14.3 Å². The fraction of sp³-hybridized carbons (Fsp3) is 0.350. The highest BCUT2D eigenvalue weighted by molar-refractivity contribution is 8.00. The number of nitrogens with zero attached hydrogens (tertiary/aromatic N) is 1. The van der Waals surface area contributed by atoms with Crippen molar-refractivity contribution >= 4 is 23.6 Å². The summed E-state index contributed by atoms with van der Waals surface area (Å²) in [7, 11) is 0. The minimum absolute atomic E-state index is 0.0744. The summed E-state index contributed by atoms with van der Waals surface area (Å²) in [6.07, 6.45) is 1.57. The minimum Gasteiger partial charge on any atom is -0.492 e. The van der Waals surface area contributed by atoms with Crippen molar-refractivity contribution in [2.75, 3.05) is 18.9 Å². The van der Waals surface area contributed by atoms with E-state index in [2.05, 4.69) is 31.1 Å². The molecule has 27 heavy (non-hydrogen) atoms. The number of primary amides is 1. The number of nitrogens with two attached hydrogens (primary N) is 1. The number of aromatic nitrogens is 1. The van der Waals surface area contributed by atoms with E-state index in [4.69, 9.17) is 10.5 Å². The number of nitrogens with one attached hydrogen (secondary N) is 1. The number of hydrogen-bond donors (Lipinski definition) is 2. The van der Waals surface area contributed by atoms with Crippen molar-refractivity contribution in [2.45, 2.75) is 31.2 Å². The molecule has 0 spiro atoms. The lowest BCUT2D eigenvalue weighted by Crippen LogP contribution is -2.28. The molecule has 0 unspecified atom stereocenters. The van der Waals surface area contributed by atoms with Crippen LogP contribution in [0.4, 0.5) is 0 Å². The summed E-state index contributed by atoms with van der Waals surface area (Å²) in [5.74, 6) is 0.117. The summed E-state index contributed by atoms with van der Waals surface area (Å²) in [5, 5.41) is 3.28. The average Bonchev–Trinajstić information content (AvgIpc) is 2.63. The summed E-state index contributed by atoms with van der Waals surface area (Å²) in [4.78, 5) is 27.4. The first-order valence-electron chi connectivity index (χ1n) is 8.65. The Morgan fingerprint density at radius 1 is 1.19 bits per heavy atom. The monoisotopic (exact) mass is 387 g/mol. The van der Waals surface area contributed by atoms with Crippen LogP contribution in [0.25, 0.3) is 0 Å². The van der Waals surface area contributed by atoms with Crippen molar-refractivity contribution in [1.29, 1.82) is 0 Å².